The Balaban J connectivity index is 1.42. The van der Waals surface area contributed by atoms with Gasteiger partial charge in [0.2, 0.25) is 5.91 Å². The summed E-state index contributed by atoms with van der Waals surface area (Å²) in [5, 5.41) is 28.4. The van der Waals surface area contributed by atoms with Gasteiger partial charge in [-0.05, 0) is 48.9 Å². The van der Waals surface area contributed by atoms with Crippen LogP contribution in [0.15, 0.2) is 42.5 Å². The molecule has 0 radical (unpaired) electrons. The van der Waals surface area contributed by atoms with Crippen LogP contribution in [0.5, 0.6) is 0 Å². The molecular weight excluding hydrogens is 392 g/mol. The molecule has 0 saturated heterocycles. The van der Waals surface area contributed by atoms with Crippen molar-refractivity contribution in [3.63, 3.8) is 0 Å². The first kappa shape index (κ1) is 20.9. The molecule has 1 aliphatic heterocycles. The van der Waals surface area contributed by atoms with Crippen LogP contribution in [0.2, 0.25) is 0 Å². The van der Waals surface area contributed by atoms with Gasteiger partial charge in [-0.1, -0.05) is 37.3 Å². The third-order valence-electron chi connectivity index (χ3n) is 6.44. The fraction of sp³-hybridized carbons (Fsp3) is 0.375. The predicted octanol–water partition coefficient (Wildman–Crippen LogP) is 3.19. The molecule has 1 aliphatic carbocycles. The molecule has 4 N–H and O–H groups in total. The minimum Gasteiger partial charge on any atom is -0.481 e. The number of rotatable bonds is 7. The van der Waals surface area contributed by atoms with E-state index in [0.717, 1.165) is 11.1 Å². The van der Waals surface area contributed by atoms with E-state index in [1.54, 1.807) is 18.2 Å². The second-order valence-electron chi connectivity index (χ2n) is 8.56. The van der Waals surface area contributed by atoms with Crippen molar-refractivity contribution in [1.29, 1.82) is 5.26 Å². The van der Waals surface area contributed by atoms with Crippen molar-refractivity contribution < 1.29 is 14.7 Å². The molecule has 2 aliphatic rings. The number of hydrogen-bond donors (Lipinski definition) is 4. The minimum absolute atomic E-state index is 0.139. The number of nitrogens with one attached hydrogen (secondary N) is 3. The summed E-state index contributed by atoms with van der Waals surface area (Å²) in [4.78, 5) is 24.2. The number of amides is 1. The number of aliphatic carboxylic acids is 1. The largest absolute Gasteiger partial charge is 0.481 e. The number of carboxylic acids is 1. The Morgan fingerprint density at radius 1 is 1.29 bits per heavy atom. The Kier molecular flexibility index (Phi) is 5.42. The van der Waals surface area contributed by atoms with Gasteiger partial charge in [0.25, 0.3) is 0 Å². The van der Waals surface area contributed by atoms with Crippen molar-refractivity contribution in [2.24, 2.45) is 0 Å². The molecule has 160 valence electrons. The van der Waals surface area contributed by atoms with Crippen molar-refractivity contribution in [2.75, 3.05) is 17.2 Å². The highest BCUT2D eigenvalue weighted by Gasteiger charge is 2.51. The summed E-state index contributed by atoms with van der Waals surface area (Å²) in [7, 11) is 0. The summed E-state index contributed by atoms with van der Waals surface area (Å²) in [5.41, 5.74) is 2.98. The highest BCUT2D eigenvalue weighted by Crippen LogP contribution is 2.48. The van der Waals surface area contributed by atoms with Crippen LogP contribution in [0.25, 0.3) is 0 Å². The molecule has 1 fully saturated rings. The number of hydrogen-bond acceptors (Lipinski definition) is 5. The van der Waals surface area contributed by atoms with Crippen molar-refractivity contribution in [1.82, 2.24) is 5.32 Å². The number of carbonyl (C=O) groups is 2. The first-order chi connectivity index (χ1) is 14.9. The van der Waals surface area contributed by atoms with E-state index in [2.05, 4.69) is 28.9 Å². The first-order valence-corrected chi connectivity index (χ1v) is 10.5. The van der Waals surface area contributed by atoms with E-state index in [9.17, 15) is 20.0 Å². The number of anilines is 2. The van der Waals surface area contributed by atoms with Gasteiger partial charge in [-0.3, -0.25) is 9.59 Å². The third kappa shape index (κ3) is 3.87. The third-order valence-corrected chi connectivity index (χ3v) is 6.44. The Morgan fingerprint density at radius 2 is 2.03 bits per heavy atom. The fourth-order valence-electron chi connectivity index (χ4n) is 4.18. The maximum Gasteiger partial charge on any atom is 0.314 e. The van der Waals surface area contributed by atoms with E-state index in [-0.39, 0.29) is 17.9 Å². The maximum absolute atomic E-state index is 12.6. The Hall–Kier alpha value is -3.37. The zero-order valence-corrected chi connectivity index (χ0v) is 17.6. The van der Waals surface area contributed by atoms with Crippen molar-refractivity contribution in [3.05, 3.63) is 59.2 Å². The fourth-order valence-corrected chi connectivity index (χ4v) is 4.18. The Bertz CT molecular complexity index is 1070. The van der Waals surface area contributed by atoms with Gasteiger partial charge in [0.05, 0.1) is 22.4 Å². The highest BCUT2D eigenvalue weighted by atomic mass is 16.4. The summed E-state index contributed by atoms with van der Waals surface area (Å²) in [6.45, 7) is 4.64. The van der Waals surface area contributed by atoms with Crippen LogP contribution >= 0.6 is 0 Å². The molecule has 7 nitrogen and oxygen atoms in total. The van der Waals surface area contributed by atoms with Crippen molar-refractivity contribution in [3.8, 4) is 6.07 Å². The summed E-state index contributed by atoms with van der Waals surface area (Å²) in [6, 6.07) is 14.5. The van der Waals surface area contributed by atoms with E-state index in [1.165, 1.54) is 0 Å². The number of benzene rings is 2. The van der Waals surface area contributed by atoms with Crippen molar-refractivity contribution in [2.45, 2.75) is 50.1 Å². The molecule has 1 saturated carbocycles. The topological polar surface area (TPSA) is 114 Å². The van der Waals surface area contributed by atoms with E-state index in [4.69, 9.17) is 0 Å². The lowest BCUT2D eigenvalue weighted by Crippen LogP contribution is -2.52. The molecule has 31 heavy (non-hydrogen) atoms. The van der Waals surface area contributed by atoms with Crippen molar-refractivity contribution >= 4 is 23.3 Å². The van der Waals surface area contributed by atoms with Gasteiger partial charge < -0.3 is 21.1 Å². The molecule has 3 atom stereocenters. The van der Waals surface area contributed by atoms with Gasteiger partial charge in [-0.15, -0.1) is 0 Å². The van der Waals surface area contributed by atoms with Crippen LogP contribution in [-0.4, -0.2) is 35.6 Å². The second-order valence-corrected chi connectivity index (χ2v) is 8.56. The molecule has 4 rings (SSSR count). The van der Waals surface area contributed by atoms with Gasteiger partial charge in [-0.2, -0.15) is 5.26 Å². The van der Waals surface area contributed by atoms with Gasteiger partial charge in [0.1, 0.15) is 12.1 Å². The second kappa shape index (κ2) is 8.05. The van der Waals surface area contributed by atoms with E-state index < -0.39 is 17.4 Å². The predicted molar refractivity (Wildman–Crippen MR) is 118 cm³/mol. The van der Waals surface area contributed by atoms with E-state index >= 15 is 0 Å². The number of carbonyl (C=O) groups excluding carboxylic acids is 1. The summed E-state index contributed by atoms with van der Waals surface area (Å²) in [5.74, 6) is -0.759. The Labute approximate surface area is 181 Å². The molecule has 1 unspecified atom stereocenters. The van der Waals surface area contributed by atoms with Gasteiger partial charge >= 0.3 is 5.97 Å². The van der Waals surface area contributed by atoms with Gasteiger partial charge in [0, 0.05) is 12.6 Å². The average Bonchev–Trinajstić information content (AvgIpc) is 3.58. The monoisotopic (exact) mass is 418 g/mol. The lowest BCUT2D eigenvalue weighted by Gasteiger charge is -2.32. The molecule has 1 amide bonds. The molecular formula is C24H26N4O3. The van der Waals surface area contributed by atoms with Gasteiger partial charge in [-0.25, -0.2) is 0 Å². The van der Waals surface area contributed by atoms with Gasteiger partial charge in [0.15, 0.2) is 0 Å². The lowest BCUT2D eigenvalue weighted by molar-refractivity contribution is -0.140. The lowest BCUT2D eigenvalue weighted by atomic mass is 9.91. The average molecular weight is 418 g/mol. The summed E-state index contributed by atoms with van der Waals surface area (Å²) in [6.07, 6.45) is 1.37. The number of carboxylic acid groups (broad SMARTS) is 1. The van der Waals surface area contributed by atoms with E-state index in [0.29, 0.717) is 36.3 Å². The number of nitriles is 1. The molecule has 1 heterocycles. The molecule has 0 aromatic heterocycles. The molecule has 0 bridgehead atoms. The van der Waals surface area contributed by atoms with Crippen LogP contribution in [0, 0.1) is 11.3 Å². The van der Waals surface area contributed by atoms with Crippen LogP contribution in [-0.2, 0) is 15.0 Å². The SMILES string of the molecule is CC(CN[C@H](C)[C@@H]1Nc2c(C#N)cccc2NC1=O)c1cccc(C2(C(=O)O)CC2)c1. The van der Waals surface area contributed by atoms with Crippen LogP contribution in [0.4, 0.5) is 11.4 Å². The maximum atomic E-state index is 12.6. The zero-order chi connectivity index (χ0) is 22.2. The quantitative estimate of drug-likeness (QED) is 0.549. The smallest absolute Gasteiger partial charge is 0.314 e. The standard InChI is InChI=1S/C24H26N4O3/c1-14(16-5-3-7-18(11-16)24(9-10-24)23(30)31)13-26-15(2)20-22(29)27-19-8-4-6-17(12-25)21(19)28-20/h3-8,11,14-15,20,26,28H,9-10,13H2,1-2H3,(H,27,29)(H,30,31)/t14?,15-,20+/m1/s1. The van der Waals surface area contributed by atoms with Crippen LogP contribution in [0.1, 0.15) is 49.3 Å². The number of fused-ring (bicyclic) bond motifs is 1. The normalized spacial score (nSPS) is 20.4. The first-order valence-electron chi connectivity index (χ1n) is 10.5. The molecule has 7 heteroatoms. The summed E-state index contributed by atoms with van der Waals surface area (Å²) >= 11 is 0. The molecule has 2 aromatic rings. The van der Waals surface area contributed by atoms with Crippen LogP contribution < -0.4 is 16.0 Å². The zero-order valence-electron chi connectivity index (χ0n) is 17.6. The molecule has 0 spiro atoms. The van der Waals surface area contributed by atoms with E-state index in [1.807, 2.05) is 31.2 Å². The summed E-state index contributed by atoms with van der Waals surface area (Å²) < 4.78 is 0. The molecule has 2 aromatic carbocycles. The number of para-hydroxylation sites is 1. The highest BCUT2D eigenvalue weighted by molar-refractivity contribution is 6.04. The Morgan fingerprint density at radius 3 is 2.71 bits per heavy atom. The van der Waals surface area contributed by atoms with Crippen LogP contribution in [0.3, 0.4) is 0 Å². The number of nitrogens with zero attached hydrogens (tertiary/aromatic N) is 1. The minimum atomic E-state index is -0.754.